The Hall–Kier alpha value is -0.0400. The highest BCUT2D eigenvalue weighted by molar-refractivity contribution is 4.59. The van der Waals surface area contributed by atoms with E-state index in [1.807, 2.05) is 0 Å². The second kappa shape index (κ2) is 4.13. The molecule has 0 spiro atoms. The second-order valence-electron chi connectivity index (χ2n) is 1.89. The molecule has 1 unspecified atom stereocenters. The Morgan fingerprint density at radius 2 is 2.29 bits per heavy atom. The van der Waals surface area contributed by atoms with Crippen LogP contribution in [0.3, 0.4) is 0 Å². The van der Waals surface area contributed by atoms with Crippen LogP contribution in [0.15, 0.2) is 0 Å². The van der Waals surface area contributed by atoms with Gasteiger partial charge >= 0.3 is 0 Å². The highest BCUT2D eigenvalue weighted by Crippen LogP contribution is 1.99. The molecular formula is C6H14N. The van der Waals surface area contributed by atoms with Gasteiger partial charge in [0.05, 0.1) is 0 Å². The standard InChI is InChI=1S/C6H14N/c1-3-4-6(2)5-7/h6H,2-5,7H2,1H3. The predicted molar refractivity (Wildman–Crippen MR) is 32.8 cm³/mol. The molecule has 7 heavy (non-hydrogen) atoms. The van der Waals surface area contributed by atoms with Gasteiger partial charge in [0.15, 0.2) is 0 Å². The summed E-state index contributed by atoms with van der Waals surface area (Å²) in [5, 5.41) is 0. The molecule has 0 aliphatic carbocycles. The van der Waals surface area contributed by atoms with Crippen LogP contribution in [0, 0.1) is 12.8 Å². The fraction of sp³-hybridized carbons (Fsp3) is 0.833. The highest BCUT2D eigenvalue weighted by atomic mass is 14.5. The smallest absolute Gasteiger partial charge is 0.00489 e. The fourth-order valence-corrected chi connectivity index (χ4v) is 0.526. The minimum absolute atomic E-state index is 0.477. The fourth-order valence-electron chi connectivity index (χ4n) is 0.526. The van der Waals surface area contributed by atoms with E-state index in [1.54, 1.807) is 0 Å². The van der Waals surface area contributed by atoms with Crippen molar-refractivity contribution in [3.8, 4) is 0 Å². The van der Waals surface area contributed by atoms with E-state index in [9.17, 15) is 0 Å². The van der Waals surface area contributed by atoms with E-state index < -0.39 is 0 Å². The number of nitrogens with two attached hydrogens (primary N) is 1. The number of rotatable bonds is 3. The molecule has 1 atom stereocenters. The van der Waals surface area contributed by atoms with Gasteiger partial charge in [0.1, 0.15) is 0 Å². The molecule has 0 aromatic rings. The SMILES string of the molecule is [CH2]C(CN)CCC. The van der Waals surface area contributed by atoms with Crippen molar-refractivity contribution >= 4 is 0 Å². The summed E-state index contributed by atoms with van der Waals surface area (Å²) >= 11 is 0. The highest BCUT2D eigenvalue weighted by Gasteiger charge is 1.93. The lowest BCUT2D eigenvalue weighted by Gasteiger charge is -2.02. The van der Waals surface area contributed by atoms with Gasteiger partial charge in [-0.15, -0.1) is 0 Å². The molecule has 2 N–H and O–H groups in total. The summed E-state index contributed by atoms with van der Waals surface area (Å²) in [5.74, 6) is 0.477. The summed E-state index contributed by atoms with van der Waals surface area (Å²) in [5.41, 5.74) is 5.30. The van der Waals surface area contributed by atoms with Gasteiger partial charge in [-0.25, -0.2) is 0 Å². The van der Waals surface area contributed by atoms with Crippen molar-refractivity contribution in [1.82, 2.24) is 0 Å². The molecule has 43 valence electrons. The van der Waals surface area contributed by atoms with Crippen molar-refractivity contribution < 1.29 is 0 Å². The quantitative estimate of drug-likeness (QED) is 0.566. The first-order valence-corrected chi connectivity index (χ1v) is 2.84. The lowest BCUT2D eigenvalue weighted by Crippen LogP contribution is -2.09. The van der Waals surface area contributed by atoms with Gasteiger partial charge in [-0.3, -0.25) is 0 Å². The maximum atomic E-state index is 5.30. The van der Waals surface area contributed by atoms with Crippen molar-refractivity contribution in [2.24, 2.45) is 11.7 Å². The maximum Gasteiger partial charge on any atom is -0.00489 e. The van der Waals surface area contributed by atoms with E-state index in [0.717, 1.165) is 13.0 Å². The summed E-state index contributed by atoms with van der Waals surface area (Å²) < 4.78 is 0. The van der Waals surface area contributed by atoms with E-state index in [0.29, 0.717) is 5.92 Å². The zero-order valence-electron chi connectivity index (χ0n) is 4.98. The van der Waals surface area contributed by atoms with Gasteiger partial charge in [-0.05, 0) is 25.8 Å². The van der Waals surface area contributed by atoms with Crippen LogP contribution >= 0.6 is 0 Å². The van der Waals surface area contributed by atoms with Crippen LogP contribution in [-0.4, -0.2) is 6.54 Å². The topological polar surface area (TPSA) is 26.0 Å². The minimum Gasteiger partial charge on any atom is -0.330 e. The number of hydrogen-bond acceptors (Lipinski definition) is 1. The largest absolute Gasteiger partial charge is 0.330 e. The zero-order valence-corrected chi connectivity index (χ0v) is 4.98. The minimum atomic E-state index is 0.477. The van der Waals surface area contributed by atoms with Crippen molar-refractivity contribution in [2.45, 2.75) is 19.8 Å². The average molecular weight is 100 g/mol. The third kappa shape index (κ3) is 3.80. The summed E-state index contributed by atoms with van der Waals surface area (Å²) in [6.07, 6.45) is 2.36. The first-order chi connectivity index (χ1) is 3.31. The third-order valence-electron chi connectivity index (χ3n) is 1.03. The van der Waals surface area contributed by atoms with Gasteiger partial charge in [-0.1, -0.05) is 13.3 Å². The van der Waals surface area contributed by atoms with Crippen LogP contribution in [0.4, 0.5) is 0 Å². The summed E-state index contributed by atoms with van der Waals surface area (Å²) in [7, 11) is 0. The van der Waals surface area contributed by atoms with Crippen molar-refractivity contribution in [3.63, 3.8) is 0 Å². The van der Waals surface area contributed by atoms with Crippen LogP contribution < -0.4 is 5.73 Å². The van der Waals surface area contributed by atoms with Crippen molar-refractivity contribution in [1.29, 1.82) is 0 Å². The van der Waals surface area contributed by atoms with Crippen LogP contribution in [0.2, 0.25) is 0 Å². The predicted octanol–water partition coefficient (Wildman–Crippen LogP) is 1.20. The Bertz CT molecular complexity index is 35.2. The van der Waals surface area contributed by atoms with Crippen LogP contribution in [-0.2, 0) is 0 Å². The van der Waals surface area contributed by atoms with Gasteiger partial charge in [0, 0.05) is 0 Å². The molecule has 1 radical (unpaired) electrons. The zero-order chi connectivity index (χ0) is 5.70. The molecule has 0 rings (SSSR count). The van der Waals surface area contributed by atoms with Crippen LogP contribution in [0.1, 0.15) is 19.8 Å². The van der Waals surface area contributed by atoms with Crippen LogP contribution in [0.25, 0.3) is 0 Å². The first kappa shape index (κ1) is 6.96. The summed E-state index contributed by atoms with van der Waals surface area (Å²) in [4.78, 5) is 0. The Morgan fingerprint density at radius 3 is 2.43 bits per heavy atom. The third-order valence-corrected chi connectivity index (χ3v) is 1.03. The van der Waals surface area contributed by atoms with Gasteiger partial charge in [0.2, 0.25) is 0 Å². The van der Waals surface area contributed by atoms with Crippen LogP contribution in [0.5, 0.6) is 0 Å². The first-order valence-electron chi connectivity index (χ1n) is 2.84. The van der Waals surface area contributed by atoms with Crippen molar-refractivity contribution in [2.75, 3.05) is 6.54 Å². The van der Waals surface area contributed by atoms with E-state index in [4.69, 9.17) is 5.73 Å². The molecule has 0 aliphatic heterocycles. The van der Waals surface area contributed by atoms with E-state index in [-0.39, 0.29) is 0 Å². The maximum absolute atomic E-state index is 5.30. The summed E-state index contributed by atoms with van der Waals surface area (Å²) in [6, 6.07) is 0. The van der Waals surface area contributed by atoms with E-state index in [2.05, 4.69) is 13.8 Å². The molecule has 0 bridgehead atoms. The molecule has 0 aromatic heterocycles. The lowest BCUT2D eigenvalue weighted by atomic mass is 10.1. The van der Waals surface area contributed by atoms with Gasteiger partial charge in [-0.2, -0.15) is 0 Å². The molecule has 0 fully saturated rings. The van der Waals surface area contributed by atoms with Gasteiger partial charge in [0.25, 0.3) is 0 Å². The Labute approximate surface area is 45.9 Å². The molecule has 0 saturated carbocycles. The monoisotopic (exact) mass is 100 g/mol. The molecule has 0 aliphatic rings. The lowest BCUT2D eigenvalue weighted by molar-refractivity contribution is 0.587. The second-order valence-corrected chi connectivity index (χ2v) is 1.89. The Morgan fingerprint density at radius 1 is 1.71 bits per heavy atom. The van der Waals surface area contributed by atoms with E-state index in [1.165, 1.54) is 6.42 Å². The molecule has 0 aromatic carbocycles. The normalized spacial score (nSPS) is 14.1. The molecule has 1 nitrogen and oxygen atoms in total. The molecule has 0 saturated heterocycles. The molecule has 0 heterocycles. The number of hydrogen-bond donors (Lipinski definition) is 1. The molecular weight excluding hydrogens is 86.1 g/mol. The van der Waals surface area contributed by atoms with E-state index >= 15 is 0 Å². The van der Waals surface area contributed by atoms with Crippen molar-refractivity contribution in [3.05, 3.63) is 6.92 Å². The molecule has 0 amide bonds. The molecule has 1 heteroatoms. The Balaban J connectivity index is 2.83. The van der Waals surface area contributed by atoms with Gasteiger partial charge < -0.3 is 5.73 Å². The summed E-state index contributed by atoms with van der Waals surface area (Å²) in [6.45, 7) is 6.70. The Kier molecular flexibility index (Phi) is 4.10. The average Bonchev–Trinajstić information content (AvgIpc) is 1.68.